The summed E-state index contributed by atoms with van der Waals surface area (Å²) in [5.41, 5.74) is -0.420. The maximum atomic E-state index is 13.3. The second-order valence-corrected chi connectivity index (χ2v) is 8.14. The molecule has 2 amide bonds. The number of hydrogen-bond acceptors (Lipinski definition) is 4. The van der Waals surface area contributed by atoms with E-state index in [2.05, 4.69) is 15.2 Å². The first-order valence-electron chi connectivity index (χ1n) is 9.78. The Bertz CT molecular complexity index is 676. The Morgan fingerprint density at radius 3 is 2.85 bits per heavy atom. The van der Waals surface area contributed by atoms with Gasteiger partial charge in [0.1, 0.15) is 5.82 Å². The van der Waals surface area contributed by atoms with Gasteiger partial charge in [-0.1, -0.05) is 6.07 Å². The van der Waals surface area contributed by atoms with Gasteiger partial charge in [-0.15, -0.1) is 0 Å². The van der Waals surface area contributed by atoms with Gasteiger partial charge in [-0.05, 0) is 43.7 Å². The summed E-state index contributed by atoms with van der Waals surface area (Å²) >= 11 is 0. The number of carbonyl (C=O) groups excluding carboxylic acids is 2. The molecule has 1 N–H and O–H groups in total. The summed E-state index contributed by atoms with van der Waals surface area (Å²) in [6.07, 6.45) is 5.97. The van der Waals surface area contributed by atoms with Gasteiger partial charge < -0.3 is 15.1 Å². The summed E-state index contributed by atoms with van der Waals surface area (Å²) in [4.78, 5) is 33.9. The lowest BCUT2D eigenvalue weighted by Gasteiger charge is -2.32. The molecule has 3 fully saturated rings. The monoisotopic (exact) mass is 356 g/mol. The lowest BCUT2D eigenvalue weighted by atomic mass is 9.74. The average molecular weight is 356 g/mol. The molecule has 1 aromatic rings. The molecular weight excluding hydrogens is 328 g/mol. The van der Waals surface area contributed by atoms with Gasteiger partial charge in [-0.2, -0.15) is 0 Å². The van der Waals surface area contributed by atoms with Crippen molar-refractivity contribution in [1.82, 2.24) is 15.2 Å². The molecule has 6 heteroatoms. The lowest BCUT2D eigenvalue weighted by molar-refractivity contribution is -0.134. The summed E-state index contributed by atoms with van der Waals surface area (Å²) in [6, 6.07) is 5.90. The highest BCUT2D eigenvalue weighted by molar-refractivity contribution is 5.85. The molecule has 1 aliphatic carbocycles. The van der Waals surface area contributed by atoms with Crippen molar-refractivity contribution >= 4 is 17.6 Å². The highest BCUT2D eigenvalue weighted by Gasteiger charge is 2.53. The van der Waals surface area contributed by atoms with Gasteiger partial charge in [0, 0.05) is 51.8 Å². The average Bonchev–Trinajstić information content (AvgIpc) is 3.43. The molecule has 4 rings (SSSR count). The number of anilines is 1. The van der Waals surface area contributed by atoms with E-state index >= 15 is 0 Å². The molecule has 2 atom stereocenters. The van der Waals surface area contributed by atoms with Gasteiger partial charge in [-0.25, -0.2) is 4.98 Å². The van der Waals surface area contributed by atoms with Crippen LogP contribution in [-0.2, 0) is 9.59 Å². The fourth-order valence-electron chi connectivity index (χ4n) is 4.54. The maximum Gasteiger partial charge on any atom is 0.228 e. The second kappa shape index (κ2) is 6.89. The van der Waals surface area contributed by atoms with Crippen LogP contribution < -0.4 is 10.2 Å². The van der Waals surface area contributed by atoms with Crippen molar-refractivity contribution in [3.05, 3.63) is 24.4 Å². The molecule has 1 saturated carbocycles. The van der Waals surface area contributed by atoms with Crippen LogP contribution in [0.2, 0.25) is 0 Å². The SMILES string of the molecule is CC(=O)N1CCC[C@]2(C(=O)NCC3CC3)CN(c3ccccn3)C[C@@H]2C1. The molecule has 0 aromatic carbocycles. The van der Waals surface area contributed by atoms with Crippen molar-refractivity contribution in [1.29, 1.82) is 0 Å². The first kappa shape index (κ1) is 17.3. The second-order valence-electron chi connectivity index (χ2n) is 8.14. The van der Waals surface area contributed by atoms with E-state index in [1.165, 1.54) is 12.8 Å². The Labute approximate surface area is 155 Å². The summed E-state index contributed by atoms with van der Waals surface area (Å²) in [7, 11) is 0. The zero-order chi connectivity index (χ0) is 18.1. The van der Waals surface area contributed by atoms with Gasteiger partial charge in [-0.3, -0.25) is 9.59 Å². The van der Waals surface area contributed by atoms with Crippen LogP contribution in [-0.4, -0.2) is 54.4 Å². The molecule has 2 aliphatic heterocycles. The van der Waals surface area contributed by atoms with Crippen molar-refractivity contribution in [3.63, 3.8) is 0 Å². The largest absolute Gasteiger partial charge is 0.355 e. The summed E-state index contributed by atoms with van der Waals surface area (Å²) in [5, 5.41) is 3.23. The van der Waals surface area contributed by atoms with E-state index in [4.69, 9.17) is 0 Å². The number of carbonyl (C=O) groups is 2. The van der Waals surface area contributed by atoms with Gasteiger partial charge in [0.15, 0.2) is 0 Å². The Kier molecular flexibility index (Phi) is 4.59. The first-order valence-corrected chi connectivity index (χ1v) is 9.78. The van der Waals surface area contributed by atoms with Crippen molar-refractivity contribution in [2.75, 3.05) is 37.6 Å². The van der Waals surface area contributed by atoms with E-state index in [0.29, 0.717) is 19.0 Å². The summed E-state index contributed by atoms with van der Waals surface area (Å²) in [5.74, 6) is 2.02. The summed E-state index contributed by atoms with van der Waals surface area (Å²) in [6.45, 7) is 5.32. The predicted molar refractivity (Wildman–Crippen MR) is 99.6 cm³/mol. The third-order valence-electron chi connectivity index (χ3n) is 6.31. The van der Waals surface area contributed by atoms with E-state index in [1.807, 2.05) is 23.1 Å². The zero-order valence-electron chi connectivity index (χ0n) is 15.5. The Morgan fingerprint density at radius 2 is 2.15 bits per heavy atom. The molecule has 3 heterocycles. The Morgan fingerprint density at radius 1 is 1.31 bits per heavy atom. The number of nitrogens with zero attached hydrogens (tertiary/aromatic N) is 3. The quantitative estimate of drug-likeness (QED) is 0.891. The Balaban J connectivity index is 1.59. The third kappa shape index (κ3) is 3.29. The number of likely N-dealkylation sites (tertiary alicyclic amines) is 1. The van der Waals surface area contributed by atoms with Crippen LogP contribution in [0.15, 0.2) is 24.4 Å². The van der Waals surface area contributed by atoms with Crippen molar-refractivity contribution in [2.24, 2.45) is 17.3 Å². The molecule has 140 valence electrons. The number of pyridine rings is 1. The van der Waals surface area contributed by atoms with Gasteiger partial charge in [0.05, 0.1) is 5.41 Å². The van der Waals surface area contributed by atoms with Crippen LogP contribution in [0.25, 0.3) is 0 Å². The molecule has 0 bridgehead atoms. The molecule has 0 spiro atoms. The smallest absolute Gasteiger partial charge is 0.228 e. The molecule has 0 unspecified atom stereocenters. The summed E-state index contributed by atoms with van der Waals surface area (Å²) < 4.78 is 0. The van der Waals surface area contributed by atoms with Crippen molar-refractivity contribution in [2.45, 2.75) is 32.6 Å². The molecule has 0 radical (unpaired) electrons. The number of amides is 2. The molecule has 6 nitrogen and oxygen atoms in total. The number of rotatable bonds is 4. The molecule has 2 saturated heterocycles. The number of aromatic nitrogens is 1. The van der Waals surface area contributed by atoms with Crippen LogP contribution in [0.3, 0.4) is 0 Å². The molecule has 26 heavy (non-hydrogen) atoms. The van der Waals surface area contributed by atoms with Crippen LogP contribution in [0.1, 0.15) is 32.6 Å². The Hall–Kier alpha value is -2.11. The van der Waals surface area contributed by atoms with E-state index in [1.54, 1.807) is 13.1 Å². The fraction of sp³-hybridized carbons (Fsp3) is 0.650. The first-order chi connectivity index (χ1) is 12.6. The van der Waals surface area contributed by atoms with E-state index in [0.717, 1.165) is 38.3 Å². The van der Waals surface area contributed by atoms with E-state index < -0.39 is 5.41 Å². The predicted octanol–water partition coefficient (Wildman–Crippen LogP) is 1.67. The van der Waals surface area contributed by atoms with Gasteiger partial charge in [0.25, 0.3) is 0 Å². The minimum Gasteiger partial charge on any atom is -0.355 e. The number of nitrogens with one attached hydrogen (secondary N) is 1. The normalized spacial score (nSPS) is 28.4. The topological polar surface area (TPSA) is 65.5 Å². The zero-order valence-corrected chi connectivity index (χ0v) is 15.5. The highest BCUT2D eigenvalue weighted by atomic mass is 16.2. The van der Waals surface area contributed by atoms with E-state index in [-0.39, 0.29) is 17.7 Å². The standard InChI is InChI=1S/C20H28N4O2/c1-15(25)23-10-4-8-20(19(26)22-11-16-6-7-16)14-24(13-17(20)12-23)18-5-2-3-9-21-18/h2-3,5,9,16-17H,4,6-8,10-14H2,1H3,(H,22,26)/t17-,20-/m0/s1. The number of hydrogen-bond donors (Lipinski definition) is 1. The van der Waals surface area contributed by atoms with Crippen molar-refractivity contribution in [3.8, 4) is 0 Å². The van der Waals surface area contributed by atoms with Crippen molar-refractivity contribution < 1.29 is 9.59 Å². The van der Waals surface area contributed by atoms with Crippen LogP contribution in [0.4, 0.5) is 5.82 Å². The number of fused-ring (bicyclic) bond motifs is 1. The van der Waals surface area contributed by atoms with Crippen LogP contribution in [0, 0.1) is 17.3 Å². The van der Waals surface area contributed by atoms with Crippen LogP contribution >= 0.6 is 0 Å². The molecular formula is C20H28N4O2. The van der Waals surface area contributed by atoms with Crippen LogP contribution in [0.5, 0.6) is 0 Å². The minimum absolute atomic E-state index is 0.107. The fourth-order valence-corrected chi connectivity index (χ4v) is 4.54. The van der Waals surface area contributed by atoms with Gasteiger partial charge in [0.2, 0.25) is 11.8 Å². The molecule has 1 aromatic heterocycles. The lowest BCUT2D eigenvalue weighted by Crippen LogP contribution is -2.48. The minimum atomic E-state index is -0.420. The maximum absolute atomic E-state index is 13.3. The van der Waals surface area contributed by atoms with Gasteiger partial charge >= 0.3 is 0 Å². The van der Waals surface area contributed by atoms with E-state index in [9.17, 15) is 9.59 Å². The molecule has 3 aliphatic rings. The highest BCUT2D eigenvalue weighted by Crippen LogP contribution is 2.44. The third-order valence-corrected chi connectivity index (χ3v) is 6.31.